The number of hydrogen-bond acceptors (Lipinski definition) is 3. The van der Waals surface area contributed by atoms with Crippen LogP contribution in [0.4, 0.5) is 0 Å². The topological polar surface area (TPSA) is 51.2 Å². The maximum atomic E-state index is 12.2. The normalized spacial score (nSPS) is 11.3. The Hall–Kier alpha value is -1.65. The second kappa shape index (κ2) is 5.77. The molecular formula is C15H13ClO3S. The molecule has 0 aliphatic heterocycles. The average molecular weight is 309 g/mol. The molecule has 0 spiro atoms. The number of rotatable bonds is 4. The third-order valence-corrected chi connectivity index (χ3v) is 4.84. The van der Waals surface area contributed by atoms with Crippen LogP contribution in [0.3, 0.4) is 0 Å². The van der Waals surface area contributed by atoms with Crippen molar-refractivity contribution in [3.63, 3.8) is 0 Å². The summed E-state index contributed by atoms with van der Waals surface area (Å²) in [6.45, 7) is 1.87. The number of carbonyl (C=O) groups excluding carboxylic acids is 1. The molecule has 2 aromatic rings. The lowest BCUT2D eigenvalue weighted by Gasteiger charge is -2.06. The molecule has 0 aliphatic carbocycles. The lowest BCUT2D eigenvalue weighted by atomic mass is 10.1. The van der Waals surface area contributed by atoms with Gasteiger partial charge in [-0.25, -0.2) is 8.42 Å². The Bertz CT molecular complexity index is 734. The van der Waals surface area contributed by atoms with Gasteiger partial charge < -0.3 is 0 Å². The largest absolute Gasteiger partial charge is 0.293 e. The Morgan fingerprint density at radius 1 is 1.05 bits per heavy atom. The molecule has 0 saturated carbocycles. The van der Waals surface area contributed by atoms with E-state index in [1.165, 1.54) is 18.2 Å². The summed E-state index contributed by atoms with van der Waals surface area (Å²) in [5.74, 6) is -1.09. The number of Topliss-reactive ketones (excluding diaryl/α,β-unsaturated/α-hetero) is 1. The molecule has 0 N–H and O–H groups in total. The fourth-order valence-corrected chi connectivity index (χ4v) is 3.23. The van der Waals surface area contributed by atoms with Crippen molar-refractivity contribution >= 4 is 27.2 Å². The highest BCUT2D eigenvalue weighted by Crippen LogP contribution is 2.18. The van der Waals surface area contributed by atoms with Crippen molar-refractivity contribution in [2.45, 2.75) is 11.8 Å². The molecule has 0 unspecified atom stereocenters. The standard InChI is InChI=1S/C15H13ClO3S/c1-11-6-8-12(9-7-11)20(18,19)10-15(17)13-4-2-3-5-14(13)16/h2-9H,10H2,1H3. The first-order chi connectivity index (χ1) is 9.40. The lowest BCUT2D eigenvalue weighted by molar-refractivity contribution is 0.102. The first-order valence-electron chi connectivity index (χ1n) is 5.97. The van der Waals surface area contributed by atoms with Gasteiger partial charge in [0, 0.05) is 5.56 Å². The summed E-state index contributed by atoms with van der Waals surface area (Å²) in [5.41, 5.74) is 1.19. The molecule has 2 rings (SSSR count). The van der Waals surface area contributed by atoms with Gasteiger partial charge in [-0.05, 0) is 31.2 Å². The highest BCUT2D eigenvalue weighted by atomic mass is 35.5. The minimum atomic E-state index is -3.65. The highest BCUT2D eigenvalue weighted by Gasteiger charge is 2.21. The van der Waals surface area contributed by atoms with Gasteiger partial charge in [0.15, 0.2) is 15.6 Å². The third kappa shape index (κ3) is 3.26. The molecule has 5 heteroatoms. The van der Waals surface area contributed by atoms with Crippen LogP contribution < -0.4 is 0 Å². The Morgan fingerprint density at radius 3 is 2.25 bits per heavy atom. The number of aryl methyl sites for hydroxylation is 1. The first-order valence-corrected chi connectivity index (χ1v) is 8.00. The van der Waals surface area contributed by atoms with Crippen LogP contribution in [0.1, 0.15) is 15.9 Å². The molecule has 0 atom stereocenters. The monoisotopic (exact) mass is 308 g/mol. The van der Waals surface area contributed by atoms with E-state index in [1.54, 1.807) is 30.3 Å². The lowest BCUT2D eigenvalue weighted by Crippen LogP contribution is -2.16. The molecule has 0 aromatic heterocycles. The van der Waals surface area contributed by atoms with Gasteiger partial charge in [-0.1, -0.05) is 41.4 Å². The summed E-state index contributed by atoms with van der Waals surface area (Å²) in [7, 11) is -3.65. The Morgan fingerprint density at radius 2 is 1.65 bits per heavy atom. The molecule has 20 heavy (non-hydrogen) atoms. The zero-order chi connectivity index (χ0) is 14.8. The molecule has 3 nitrogen and oxygen atoms in total. The van der Waals surface area contributed by atoms with E-state index in [2.05, 4.69) is 0 Å². The number of ketones is 1. The van der Waals surface area contributed by atoms with Crippen molar-refractivity contribution in [2.75, 3.05) is 5.75 Å². The fraction of sp³-hybridized carbons (Fsp3) is 0.133. The van der Waals surface area contributed by atoms with E-state index in [-0.39, 0.29) is 15.5 Å². The molecule has 0 fully saturated rings. The summed E-state index contributed by atoms with van der Waals surface area (Å²) in [5, 5.41) is 0.261. The zero-order valence-corrected chi connectivity index (χ0v) is 12.4. The maximum Gasteiger partial charge on any atom is 0.185 e. The SMILES string of the molecule is Cc1ccc(S(=O)(=O)CC(=O)c2ccccc2Cl)cc1. The summed E-state index contributed by atoms with van der Waals surface area (Å²) < 4.78 is 24.3. The first kappa shape index (κ1) is 14.8. The van der Waals surface area contributed by atoms with Crippen LogP contribution in [0.5, 0.6) is 0 Å². The second-order valence-corrected chi connectivity index (χ2v) is 6.87. The van der Waals surface area contributed by atoms with Gasteiger partial charge in [-0.15, -0.1) is 0 Å². The van der Waals surface area contributed by atoms with Crippen molar-refractivity contribution in [1.29, 1.82) is 0 Å². The Labute approximate surface area is 123 Å². The molecule has 2 aromatic carbocycles. The van der Waals surface area contributed by atoms with Gasteiger partial charge in [-0.2, -0.15) is 0 Å². The fourth-order valence-electron chi connectivity index (χ4n) is 1.77. The van der Waals surface area contributed by atoms with E-state index in [1.807, 2.05) is 6.92 Å². The summed E-state index contributed by atoms with van der Waals surface area (Å²) in [6, 6.07) is 12.8. The second-order valence-electron chi connectivity index (χ2n) is 4.48. The van der Waals surface area contributed by atoms with Gasteiger partial charge in [0.25, 0.3) is 0 Å². The molecule has 0 saturated heterocycles. The predicted molar refractivity (Wildman–Crippen MR) is 79.0 cm³/mol. The third-order valence-electron chi connectivity index (χ3n) is 2.88. The summed E-state index contributed by atoms with van der Waals surface area (Å²) in [6.07, 6.45) is 0. The van der Waals surface area contributed by atoms with E-state index in [9.17, 15) is 13.2 Å². The van der Waals surface area contributed by atoms with E-state index in [0.717, 1.165) is 5.56 Å². The van der Waals surface area contributed by atoms with Gasteiger partial charge >= 0.3 is 0 Å². The number of halogens is 1. The van der Waals surface area contributed by atoms with Gasteiger partial charge in [0.05, 0.1) is 9.92 Å². The van der Waals surface area contributed by atoms with Crippen molar-refractivity contribution in [3.8, 4) is 0 Å². The number of sulfone groups is 1. The number of benzene rings is 2. The van der Waals surface area contributed by atoms with Crippen LogP contribution in [0, 0.1) is 6.92 Å². The summed E-state index contributed by atoms with van der Waals surface area (Å²) in [4.78, 5) is 12.2. The van der Waals surface area contributed by atoms with Crippen LogP contribution in [-0.2, 0) is 9.84 Å². The van der Waals surface area contributed by atoms with Crippen LogP contribution in [0.2, 0.25) is 5.02 Å². The van der Waals surface area contributed by atoms with E-state index < -0.39 is 21.4 Å². The van der Waals surface area contributed by atoms with Gasteiger partial charge in [-0.3, -0.25) is 4.79 Å². The summed E-state index contributed by atoms with van der Waals surface area (Å²) >= 11 is 5.90. The number of carbonyl (C=O) groups is 1. The minimum absolute atomic E-state index is 0.142. The van der Waals surface area contributed by atoms with Crippen molar-refractivity contribution in [1.82, 2.24) is 0 Å². The van der Waals surface area contributed by atoms with E-state index in [0.29, 0.717) is 0 Å². The molecular weight excluding hydrogens is 296 g/mol. The Kier molecular flexibility index (Phi) is 4.26. The highest BCUT2D eigenvalue weighted by molar-refractivity contribution is 7.92. The van der Waals surface area contributed by atoms with Crippen LogP contribution in [0.15, 0.2) is 53.4 Å². The van der Waals surface area contributed by atoms with E-state index >= 15 is 0 Å². The van der Waals surface area contributed by atoms with Crippen LogP contribution in [0.25, 0.3) is 0 Å². The maximum absolute atomic E-state index is 12.2. The smallest absolute Gasteiger partial charge is 0.185 e. The number of hydrogen-bond donors (Lipinski definition) is 0. The minimum Gasteiger partial charge on any atom is -0.293 e. The molecule has 0 aliphatic rings. The average Bonchev–Trinajstić information content (AvgIpc) is 2.39. The van der Waals surface area contributed by atoms with Gasteiger partial charge in [0.2, 0.25) is 0 Å². The molecule has 0 heterocycles. The molecule has 0 radical (unpaired) electrons. The Balaban J connectivity index is 2.27. The van der Waals surface area contributed by atoms with Crippen LogP contribution in [-0.4, -0.2) is 20.0 Å². The molecule has 0 bridgehead atoms. The zero-order valence-electron chi connectivity index (χ0n) is 10.8. The van der Waals surface area contributed by atoms with Crippen molar-refractivity contribution in [2.24, 2.45) is 0 Å². The van der Waals surface area contributed by atoms with Crippen molar-refractivity contribution < 1.29 is 13.2 Å². The quantitative estimate of drug-likeness (QED) is 0.814. The van der Waals surface area contributed by atoms with E-state index in [4.69, 9.17) is 11.6 Å². The van der Waals surface area contributed by atoms with Crippen molar-refractivity contribution in [3.05, 3.63) is 64.7 Å². The molecule has 104 valence electrons. The molecule has 0 amide bonds. The van der Waals surface area contributed by atoms with Crippen LogP contribution >= 0.6 is 11.6 Å². The van der Waals surface area contributed by atoms with Gasteiger partial charge in [0.1, 0.15) is 5.75 Å². The predicted octanol–water partition coefficient (Wildman–Crippen LogP) is 3.31.